The van der Waals surface area contributed by atoms with Crippen LogP contribution in [0.2, 0.25) is 0 Å². The van der Waals surface area contributed by atoms with Crippen LogP contribution in [0.15, 0.2) is 0 Å². The van der Waals surface area contributed by atoms with Gasteiger partial charge in [-0.05, 0) is 0 Å². The van der Waals surface area contributed by atoms with Crippen LogP contribution in [0.3, 0.4) is 0 Å². The molecule has 0 rings (SSSR count). The van der Waals surface area contributed by atoms with E-state index in [1.165, 1.54) is 13.8 Å². The molecule has 128 valence electrons. The Balaban J connectivity index is 4.12. The van der Waals surface area contributed by atoms with E-state index in [1.54, 1.807) is 0 Å². The van der Waals surface area contributed by atoms with E-state index in [0.717, 1.165) is 0 Å². The number of aliphatic hydroxyl groups is 1. The summed E-state index contributed by atoms with van der Waals surface area (Å²) in [4.78, 5) is 36.0. The van der Waals surface area contributed by atoms with E-state index in [-0.39, 0.29) is 25.5 Å². The van der Waals surface area contributed by atoms with Crippen LogP contribution < -0.4 is 10.6 Å². The maximum absolute atomic E-state index is 11.8. The van der Waals surface area contributed by atoms with E-state index >= 15 is 0 Å². The molecule has 0 bridgehead atoms. The molecule has 22 heavy (non-hydrogen) atoms. The number of nitrogens with one attached hydrogen (secondary N) is 2. The van der Waals surface area contributed by atoms with E-state index in [0.29, 0.717) is 12.3 Å². The number of carbonyl (C=O) groups is 2. The largest absolute Gasteiger partial charge is 0.725 e. The molecule has 9 nitrogen and oxygen atoms in total. The lowest BCUT2D eigenvalue weighted by atomic mass is 9.87. The summed E-state index contributed by atoms with van der Waals surface area (Å²) in [6.07, 6.45) is -1.36. The third kappa shape index (κ3) is 9.29. The normalized spacial score (nSPS) is 13.4. The van der Waals surface area contributed by atoms with E-state index in [4.69, 9.17) is 4.89 Å². The van der Waals surface area contributed by atoms with Crippen LogP contribution >= 0.6 is 20.9 Å². The second-order valence-corrected chi connectivity index (χ2v) is 6.15. The van der Waals surface area contributed by atoms with Crippen molar-refractivity contribution in [3.63, 3.8) is 0 Å². The molecule has 1 unspecified atom stereocenters. The van der Waals surface area contributed by atoms with Crippen molar-refractivity contribution in [2.24, 2.45) is 5.41 Å². The Kier molecular flexibility index (Phi) is 10.5. The molecule has 2 atom stereocenters. The number of aliphatic hydroxyl groups excluding tert-OH is 1. The topological polar surface area (TPSA) is 134 Å². The van der Waals surface area contributed by atoms with Crippen LogP contribution in [0, 0.1) is 5.41 Å². The van der Waals surface area contributed by atoms with Gasteiger partial charge in [-0.15, -0.1) is 4.89 Å². The third-order valence-electron chi connectivity index (χ3n) is 2.62. The van der Waals surface area contributed by atoms with Crippen molar-refractivity contribution in [2.75, 3.05) is 25.4 Å². The van der Waals surface area contributed by atoms with Gasteiger partial charge in [0, 0.05) is 35.2 Å². The van der Waals surface area contributed by atoms with Gasteiger partial charge in [-0.3, -0.25) is 9.59 Å². The average Bonchev–Trinajstić information content (AvgIpc) is 2.43. The predicted octanol–water partition coefficient (Wildman–Crippen LogP) is -0.476. The first-order chi connectivity index (χ1) is 10.2. The number of hydrogen-bond acceptors (Lipinski definition) is 7. The van der Waals surface area contributed by atoms with Gasteiger partial charge < -0.3 is 15.7 Å². The Bertz CT molecular complexity index is 395. The van der Waals surface area contributed by atoms with Crippen LogP contribution in [0.4, 0.5) is 0 Å². The zero-order valence-electron chi connectivity index (χ0n) is 12.4. The molecule has 11 heteroatoms. The SMILES string of the molecule is CC(C)(COO[P+](=O)O)[C@@H](O)C(=O)NCCC(=O)NCCS. The van der Waals surface area contributed by atoms with Gasteiger partial charge in [0.25, 0.3) is 0 Å². The Morgan fingerprint density at radius 3 is 2.50 bits per heavy atom. The molecule has 0 aliphatic rings. The summed E-state index contributed by atoms with van der Waals surface area (Å²) in [5.41, 5.74) is -1.05. The molecular formula is C11H22N2O7PS+. The standard InChI is InChI=1S/C11H21N2O7PS/c1-11(2,7-19-20-21(17)18)9(15)10(16)13-4-3-8(14)12-5-6-22/h9,15H,3-7H2,1-2H3,(H3-,12,13,14,16,17,18,22)/p+1/t9-/m0/s1. The number of rotatable bonds is 11. The fraction of sp³-hybridized carbons (Fsp3) is 0.818. The first-order valence-corrected chi connectivity index (χ1v) is 8.26. The summed E-state index contributed by atoms with van der Waals surface area (Å²) in [6, 6.07) is 0. The third-order valence-corrected chi connectivity index (χ3v) is 3.08. The van der Waals surface area contributed by atoms with Gasteiger partial charge in [-0.1, -0.05) is 13.8 Å². The van der Waals surface area contributed by atoms with Gasteiger partial charge in [-0.2, -0.15) is 17.5 Å². The molecule has 0 saturated carbocycles. The van der Waals surface area contributed by atoms with Gasteiger partial charge in [0.1, 0.15) is 6.10 Å². The summed E-state index contributed by atoms with van der Waals surface area (Å²) in [5, 5.41) is 14.9. The van der Waals surface area contributed by atoms with Crippen LogP contribution in [0.1, 0.15) is 20.3 Å². The van der Waals surface area contributed by atoms with Crippen LogP contribution in [0.5, 0.6) is 0 Å². The summed E-state index contributed by atoms with van der Waals surface area (Å²) >= 11 is 3.94. The van der Waals surface area contributed by atoms with Crippen LogP contribution in [-0.4, -0.2) is 53.4 Å². The van der Waals surface area contributed by atoms with Crippen LogP contribution in [-0.2, 0) is 23.7 Å². The van der Waals surface area contributed by atoms with Gasteiger partial charge in [0.2, 0.25) is 11.8 Å². The fourth-order valence-corrected chi connectivity index (χ4v) is 1.59. The maximum atomic E-state index is 11.8. The Hall–Kier alpha value is -0.770. The quantitative estimate of drug-likeness (QED) is 0.146. The zero-order valence-corrected chi connectivity index (χ0v) is 14.2. The molecule has 0 aromatic rings. The average molecular weight is 357 g/mol. The first-order valence-electron chi connectivity index (χ1n) is 6.49. The molecule has 0 saturated heterocycles. The number of hydrogen-bond donors (Lipinski definition) is 5. The summed E-state index contributed by atoms with van der Waals surface area (Å²) in [6.45, 7) is 3.28. The highest BCUT2D eigenvalue weighted by atomic mass is 32.1. The Labute approximate surface area is 135 Å². The number of amides is 2. The molecule has 0 spiro atoms. The minimum absolute atomic E-state index is 0.0736. The smallest absolute Gasteiger partial charge is 0.383 e. The molecule has 0 aromatic heterocycles. The van der Waals surface area contributed by atoms with Gasteiger partial charge in [0.05, 0.1) is 11.3 Å². The van der Waals surface area contributed by atoms with Crippen molar-refractivity contribution < 1.29 is 33.7 Å². The van der Waals surface area contributed by atoms with Gasteiger partial charge in [0.15, 0.2) is 0 Å². The second-order valence-electron chi connectivity index (χ2n) is 5.08. The first kappa shape index (κ1) is 21.2. The van der Waals surface area contributed by atoms with Gasteiger partial charge in [-0.25, -0.2) is 0 Å². The van der Waals surface area contributed by atoms with Crippen molar-refractivity contribution in [1.82, 2.24) is 10.6 Å². The molecule has 0 radical (unpaired) electrons. The Morgan fingerprint density at radius 1 is 1.32 bits per heavy atom. The maximum Gasteiger partial charge on any atom is 0.725 e. The van der Waals surface area contributed by atoms with E-state index in [1.807, 2.05) is 0 Å². The highest BCUT2D eigenvalue weighted by Crippen LogP contribution is 2.24. The molecule has 0 heterocycles. The van der Waals surface area contributed by atoms with Crippen molar-refractivity contribution in [2.45, 2.75) is 26.4 Å². The molecule has 0 fully saturated rings. The summed E-state index contributed by atoms with van der Waals surface area (Å²) < 4.78 is 14.3. The highest BCUT2D eigenvalue weighted by Gasteiger charge is 2.35. The van der Waals surface area contributed by atoms with Crippen molar-refractivity contribution in [1.29, 1.82) is 0 Å². The minimum atomic E-state index is -2.91. The number of thiol groups is 1. The lowest BCUT2D eigenvalue weighted by molar-refractivity contribution is -0.235. The molecule has 4 N–H and O–H groups in total. The monoisotopic (exact) mass is 357 g/mol. The van der Waals surface area contributed by atoms with Crippen LogP contribution in [0.25, 0.3) is 0 Å². The molecular weight excluding hydrogens is 335 g/mol. The molecule has 0 aliphatic carbocycles. The Morgan fingerprint density at radius 2 is 1.95 bits per heavy atom. The van der Waals surface area contributed by atoms with E-state index < -0.39 is 25.7 Å². The van der Waals surface area contributed by atoms with Crippen molar-refractivity contribution >= 4 is 32.7 Å². The predicted molar refractivity (Wildman–Crippen MR) is 81.1 cm³/mol. The van der Waals surface area contributed by atoms with Crippen molar-refractivity contribution in [3.8, 4) is 0 Å². The molecule has 0 aliphatic heterocycles. The zero-order chi connectivity index (χ0) is 17.2. The van der Waals surface area contributed by atoms with Crippen molar-refractivity contribution in [3.05, 3.63) is 0 Å². The number of carbonyl (C=O) groups excluding carboxylic acids is 2. The fourth-order valence-electron chi connectivity index (χ4n) is 1.34. The lowest BCUT2D eigenvalue weighted by Crippen LogP contribution is -2.46. The molecule has 0 aromatic carbocycles. The van der Waals surface area contributed by atoms with Gasteiger partial charge >= 0.3 is 8.25 Å². The summed E-state index contributed by atoms with van der Waals surface area (Å²) in [7, 11) is -2.91. The summed E-state index contributed by atoms with van der Waals surface area (Å²) in [5.74, 6) is -0.387. The molecule has 2 amide bonds. The highest BCUT2D eigenvalue weighted by molar-refractivity contribution is 7.80. The second kappa shape index (κ2) is 10.9. The lowest BCUT2D eigenvalue weighted by Gasteiger charge is -2.27. The minimum Gasteiger partial charge on any atom is -0.383 e. The van der Waals surface area contributed by atoms with E-state index in [2.05, 4.69) is 32.8 Å². The van der Waals surface area contributed by atoms with E-state index in [9.17, 15) is 19.3 Å².